The highest BCUT2D eigenvalue weighted by Crippen LogP contribution is 2.29. The van der Waals surface area contributed by atoms with Gasteiger partial charge in [-0.05, 0) is 44.4 Å². The third kappa shape index (κ3) is 4.62. The minimum Gasteiger partial charge on any atom is -0.490 e. The van der Waals surface area contributed by atoms with Gasteiger partial charge in [-0.15, -0.1) is 5.10 Å². The Morgan fingerprint density at radius 1 is 1.30 bits per heavy atom. The SMILES string of the molecule is CCC[C@H](C)Oc1cc(-n2nc3n(c2=O)CCCC3)c(F)cc1C(=O)Nc1ccccc1N. The Morgan fingerprint density at radius 2 is 2.09 bits per heavy atom. The van der Waals surface area contributed by atoms with Gasteiger partial charge < -0.3 is 15.8 Å². The highest BCUT2D eigenvalue weighted by Gasteiger charge is 2.24. The van der Waals surface area contributed by atoms with Gasteiger partial charge in [0.2, 0.25) is 0 Å². The third-order valence-electron chi connectivity index (χ3n) is 5.73. The van der Waals surface area contributed by atoms with Gasteiger partial charge in [0, 0.05) is 19.0 Å². The zero-order valence-electron chi connectivity index (χ0n) is 18.8. The van der Waals surface area contributed by atoms with Crippen molar-refractivity contribution in [3.8, 4) is 11.4 Å². The van der Waals surface area contributed by atoms with Crippen LogP contribution < -0.4 is 21.5 Å². The van der Waals surface area contributed by atoms with Crippen molar-refractivity contribution in [3.63, 3.8) is 0 Å². The highest BCUT2D eigenvalue weighted by molar-refractivity contribution is 6.07. The summed E-state index contributed by atoms with van der Waals surface area (Å²) in [6.45, 7) is 4.47. The molecule has 1 amide bonds. The van der Waals surface area contributed by atoms with E-state index in [0.29, 0.717) is 30.2 Å². The summed E-state index contributed by atoms with van der Waals surface area (Å²) in [6, 6.07) is 9.28. The van der Waals surface area contributed by atoms with Gasteiger partial charge in [-0.2, -0.15) is 4.68 Å². The van der Waals surface area contributed by atoms with E-state index in [1.54, 1.807) is 28.8 Å². The van der Waals surface area contributed by atoms with Crippen molar-refractivity contribution in [1.29, 1.82) is 0 Å². The van der Waals surface area contributed by atoms with E-state index in [-0.39, 0.29) is 23.1 Å². The first-order valence-corrected chi connectivity index (χ1v) is 11.2. The van der Waals surface area contributed by atoms with Gasteiger partial charge in [0.15, 0.2) is 0 Å². The molecule has 9 heteroatoms. The molecule has 1 atom stereocenters. The minimum absolute atomic E-state index is 0.0134. The Bertz CT molecular complexity index is 1230. The van der Waals surface area contributed by atoms with Gasteiger partial charge in [0.25, 0.3) is 5.91 Å². The van der Waals surface area contributed by atoms with Crippen LogP contribution in [-0.4, -0.2) is 26.4 Å². The quantitative estimate of drug-likeness (QED) is 0.528. The Balaban J connectivity index is 1.76. The second-order valence-corrected chi connectivity index (χ2v) is 8.28. The van der Waals surface area contributed by atoms with Crippen molar-refractivity contribution >= 4 is 17.3 Å². The number of nitrogen functional groups attached to an aromatic ring is 1. The lowest BCUT2D eigenvalue weighted by Crippen LogP contribution is -2.27. The number of ether oxygens (including phenoxy) is 1. The normalized spacial score (nSPS) is 13.9. The number of benzene rings is 2. The predicted octanol–water partition coefficient (Wildman–Crippen LogP) is 3.91. The molecule has 2 heterocycles. The van der Waals surface area contributed by atoms with Crippen molar-refractivity contribution in [2.45, 2.75) is 58.6 Å². The van der Waals surface area contributed by atoms with Crippen molar-refractivity contribution in [2.24, 2.45) is 0 Å². The number of carbonyl (C=O) groups is 1. The van der Waals surface area contributed by atoms with E-state index in [4.69, 9.17) is 10.5 Å². The van der Waals surface area contributed by atoms with Crippen LogP contribution >= 0.6 is 0 Å². The number of para-hydroxylation sites is 2. The number of nitrogens with two attached hydrogens (primary N) is 1. The molecular formula is C24H28FN5O3. The van der Waals surface area contributed by atoms with Crippen LogP contribution in [0.3, 0.4) is 0 Å². The molecule has 1 aromatic heterocycles. The molecule has 33 heavy (non-hydrogen) atoms. The number of nitrogens with one attached hydrogen (secondary N) is 1. The molecule has 0 radical (unpaired) electrons. The zero-order chi connectivity index (χ0) is 23.5. The van der Waals surface area contributed by atoms with E-state index in [9.17, 15) is 9.59 Å². The summed E-state index contributed by atoms with van der Waals surface area (Å²) < 4.78 is 23.9. The number of rotatable bonds is 7. The maximum absolute atomic E-state index is 15.3. The second-order valence-electron chi connectivity index (χ2n) is 8.28. The highest BCUT2D eigenvalue weighted by atomic mass is 19.1. The number of amides is 1. The number of nitrogens with zero attached hydrogens (tertiary/aromatic N) is 3. The largest absolute Gasteiger partial charge is 0.490 e. The van der Waals surface area contributed by atoms with Gasteiger partial charge >= 0.3 is 5.69 Å². The zero-order valence-corrected chi connectivity index (χ0v) is 18.8. The molecule has 0 spiro atoms. The number of anilines is 2. The van der Waals surface area contributed by atoms with Crippen LogP contribution in [0.1, 0.15) is 55.7 Å². The molecule has 0 bridgehead atoms. The molecule has 3 N–H and O–H groups in total. The molecule has 4 rings (SSSR count). The van der Waals surface area contributed by atoms with Crippen LogP contribution in [0.5, 0.6) is 5.75 Å². The van der Waals surface area contributed by atoms with E-state index in [1.807, 2.05) is 13.8 Å². The number of aryl methyl sites for hydroxylation is 1. The molecule has 174 valence electrons. The van der Waals surface area contributed by atoms with Gasteiger partial charge in [-0.25, -0.2) is 9.18 Å². The van der Waals surface area contributed by atoms with Gasteiger partial charge in [0.1, 0.15) is 23.1 Å². The molecule has 2 aromatic carbocycles. The van der Waals surface area contributed by atoms with E-state index in [0.717, 1.165) is 36.4 Å². The van der Waals surface area contributed by atoms with E-state index < -0.39 is 17.4 Å². The molecule has 0 saturated carbocycles. The molecular weight excluding hydrogens is 425 g/mol. The summed E-state index contributed by atoms with van der Waals surface area (Å²) in [7, 11) is 0. The molecule has 0 aliphatic carbocycles. The first-order chi connectivity index (χ1) is 15.9. The standard InChI is InChI=1S/C24H28FN5O3/c1-3-8-15(2)33-21-14-20(30-24(32)29-12-7-6-11-22(29)28-30)17(25)13-16(21)23(31)27-19-10-5-4-9-18(19)26/h4-5,9-10,13-15H,3,6-8,11-12,26H2,1-2H3,(H,27,31)/t15-/m0/s1. The fourth-order valence-corrected chi connectivity index (χ4v) is 4.02. The Hall–Kier alpha value is -3.62. The maximum Gasteiger partial charge on any atom is 0.350 e. The van der Waals surface area contributed by atoms with Crippen molar-refractivity contribution in [2.75, 3.05) is 11.1 Å². The average molecular weight is 454 g/mol. The predicted molar refractivity (Wildman–Crippen MR) is 125 cm³/mol. The lowest BCUT2D eigenvalue weighted by Gasteiger charge is -2.18. The minimum atomic E-state index is -0.741. The molecule has 1 aliphatic rings. The van der Waals surface area contributed by atoms with Crippen LogP contribution in [-0.2, 0) is 13.0 Å². The summed E-state index contributed by atoms with van der Waals surface area (Å²) in [5.74, 6) is -0.492. The topological polar surface area (TPSA) is 104 Å². The number of halogens is 1. The summed E-state index contributed by atoms with van der Waals surface area (Å²) in [4.78, 5) is 25.9. The van der Waals surface area contributed by atoms with Crippen LogP contribution in [0, 0.1) is 5.82 Å². The Kier molecular flexibility index (Phi) is 6.48. The summed E-state index contributed by atoms with van der Waals surface area (Å²) in [6.07, 6.45) is 3.89. The van der Waals surface area contributed by atoms with Crippen molar-refractivity contribution < 1.29 is 13.9 Å². The monoisotopic (exact) mass is 453 g/mol. The van der Waals surface area contributed by atoms with Crippen LogP contribution in [0.15, 0.2) is 41.2 Å². The van der Waals surface area contributed by atoms with E-state index >= 15 is 4.39 Å². The summed E-state index contributed by atoms with van der Waals surface area (Å²) in [5.41, 5.74) is 6.30. The first-order valence-electron chi connectivity index (χ1n) is 11.2. The smallest absolute Gasteiger partial charge is 0.350 e. The lowest BCUT2D eigenvalue weighted by molar-refractivity contribution is 0.101. The van der Waals surface area contributed by atoms with Gasteiger partial charge in [0.05, 0.1) is 23.0 Å². The van der Waals surface area contributed by atoms with Crippen molar-refractivity contribution in [1.82, 2.24) is 14.3 Å². The van der Waals surface area contributed by atoms with E-state index in [1.165, 1.54) is 6.07 Å². The molecule has 1 aliphatic heterocycles. The number of fused-ring (bicyclic) bond motifs is 1. The second kappa shape index (κ2) is 9.48. The van der Waals surface area contributed by atoms with Gasteiger partial charge in [-0.1, -0.05) is 25.5 Å². The summed E-state index contributed by atoms with van der Waals surface area (Å²) >= 11 is 0. The Morgan fingerprint density at radius 3 is 2.82 bits per heavy atom. The molecule has 8 nitrogen and oxygen atoms in total. The van der Waals surface area contributed by atoms with Gasteiger partial charge in [-0.3, -0.25) is 9.36 Å². The number of hydrogen-bond acceptors (Lipinski definition) is 5. The first kappa shape index (κ1) is 22.6. The Labute approximate surface area is 191 Å². The number of aromatic nitrogens is 3. The fourth-order valence-electron chi connectivity index (χ4n) is 4.02. The van der Waals surface area contributed by atoms with Crippen LogP contribution in [0.4, 0.5) is 15.8 Å². The lowest BCUT2D eigenvalue weighted by atomic mass is 10.1. The van der Waals surface area contributed by atoms with E-state index in [2.05, 4.69) is 10.4 Å². The molecule has 3 aromatic rings. The third-order valence-corrected chi connectivity index (χ3v) is 5.73. The average Bonchev–Trinajstić information content (AvgIpc) is 3.13. The maximum atomic E-state index is 15.3. The number of hydrogen-bond donors (Lipinski definition) is 2. The van der Waals surface area contributed by atoms with Crippen LogP contribution in [0.25, 0.3) is 5.69 Å². The van der Waals surface area contributed by atoms with Crippen molar-refractivity contribution in [3.05, 3.63) is 64.1 Å². The summed E-state index contributed by atoms with van der Waals surface area (Å²) in [5, 5.41) is 7.06. The molecule has 0 saturated heterocycles. The molecule has 0 fully saturated rings. The number of carbonyl (C=O) groups excluding carboxylic acids is 1. The molecule has 0 unspecified atom stereocenters. The van der Waals surface area contributed by atoms with Crippen LogP contribution in [0.2, 0.25) is 0 Å². The fraction of sp³-hybridized carbons (Fsp3) is 0.375.